The summed E-state index contributed by atoms with van der Waals surface area (Å²) in [6.07, 6.45) is -3.32. The fourth-order valence-corrected chi connectivity index (χ4v) is 3.06. The second kappa shape index (κ2) is 40.5. The normalized spacial score (nSPS) is 11.6. The van der Waals surface area contributed by atoms with Crippen molar-refractivity contribution in [3.63, 3.8) is 0 Å². The van der Waals surface area contributed by atoms with E-state index in [1.54, 1.807) is 0 Å². The molecule has 0 spiro atoms. The van der Waals surface area contributed by atoms with Crippen LogP contribution in [-0.2, 0) is 46.6 Å². The number of likely N-dealkylation sites (N-methyl/N-ethyl adjacent to an activating group) is 3. The minimum Gasteiger partial charge on any atom is -1.00 e. The average Bonchev–Trinajstić information content (AvgIpc) is 2.97. The van der Waals surface area contributed by atoms with E-state index in [9.17, 15) is 28.4 Å². The van der Waals surface area contributed by atoms with E-state index in [1.165, 1.54) is 14.0 Å². The Morgan fingerprint density at radius 1 is 0.722 bits per heavy atom. The molecule has 0 aliphatic carbocycles. The number of carbonyl (C=O) groups is 3. The summed E-state index contributed by atoms with van der Waals surface area (Å²) < 4.78 is 46.8. The van der Waals surface area contributed by atoms with E-state index in [1.807, 2.05) is 42.3 Å². The molecule has 0 bridgehead atoms. The number of carboxylic acids is 1. The summed E-state index contributed by atoms with van der Waals surface area (Å²) in [6.45, 7) is 7.32. The number of nitrogens with two attached hydrogens (primary N) is 3. The molecule has 0 heterocycles. The van der Waals surface area contributed by atoms with Crippen LogP contribution in [0.4, 0.5) is 0 Å². The fraction of sp³-hybridized carbons (Fsp3) is 0.821. The number of methoxy groups -OCH3 is 1. The first kappa shape index (κ1) is 71.0. The maximum absolute atomic E-state index is 11.3. The summed E-state index contributed by atoms with van der Waals surface area (Å²) in [5, 5.41) is 23.7. The second-order valence-corrected chi connectivity index (χ2v) is 18.6. The van der Waals surface area contributed by atoms with Crippen molar-refractivity contribution in [2.45, 2.75) is 6.92 Å². The largest absolute Gasteiger partial charge is 1.00 e. The molecule has 0 amide bonds. The molecule has 9 N–H and O–H groups in total. The van der Waals surface area contributed by atoms with Gasteiger partial charge in [0.2, 0.25) is 0 Å². The number of aliphatic hydroxyl groups excluding tert-OH is 2. The highest BCUT2D eigenvalue weighted by Crippen LogP contribution is 2.57. The van der Waals surface area contributed by atoms with Gasteiger partial charge < -0.3 is 98.7 Å². The minimum atomic E-state index is -4.34. The summed E-state index contributed by atoms with van der Waals surface area (Å²) in [5.41, 5.74) is 14.4. The zero-order chi connectivity index (χ0) is 42.8. The van der Waals surface area contributed by atoms with Gasteiger partial charge in [0, 0.05) is 12.1 Å². The number of halogens is 4. The summed E-state index contributed by atoms with van der Waals surface area (Å²) in [6, 6.07) is 0. The van der Waals surface area contributed by atoms with E-state index in [0.29, 0.717) is 24.2 Å². The number of carbonyl (C=O) groups excluding carboxylic acids is 2. The van der Waals surface area contributed by atoms with Crippen LogP contribution in [0.2, 0.25) is 0 Å². The lowest BCUT2D eigenvalue weighted by molar-refractivity contribution is -0.870. The van der Waals surface area contributed by atoms with Gasteiger partial charge in [0.15, 0.2) is 0 Å². The maximum atomic E-state index is 11.3. The molecule has 26 heteroatoms. The van der Waals surface area contributed by atoms with Crippen molar-refractivity contribution in [1.82, 2.24) is 0 Å². The predicted molar refractivity (Wildman–Crippen MR) is 200 cm³/mol. The van der Waals surface area contributed by atoms with Crippen molar-refractivity contribution in [1.29, 1.82) is 0 Å². The Bertz CT molecular complexity index is 1020. The number of hydrogen-bond donors (Lipinski definition) is 6. The zero-order valence-corrected chi connectivity index (χ0v) is 38.3. The smallest absolute Gasteiger partial charge is 0.380 e. The Morgan fingerprint density at radius 3 is 1.28 bits per heavy atom. The van der Waals surface area contributed by atoms with Crippen molar-refractivity contribution >= 4 is 54.3 Å². The number of hydrogen-bond acceptors (Lipinski definition) is 16. The first-order valence-electron chi connectivity index (χ1n) is 15.4. The molecule has 0 aromatic rings. The first-order chi connectivity index (χ1) is 23.3. The summed E-state index contributed by atoms with van der Waals surface area (Å²) in [4.78, 5) is 41.4. The summed E-state index contributed by atoms with van der Waals surface area (Å²) >= 11 is 10.3. The third-order valence-corrected chi connectivity index (χ3v) is 6.46. The monoisotopic (exact) mass is 914 g/mol. The highest BCUT2D eigenvalue weighted by Gasteiger charge is 2.16. The van der Waals surface area contributed by atoms with E-state index in [2.05, 4.69) is 56.5 Å². The van der Waals surface area contributed by atoms with Gasteiger partial charge in [-0.15, -0.1) is 0 Å². The Kier molecular flexibility index (Phi) is 53.3. The van der Waals surface area contributed by atoms with E-state index in [4.69, 9.17) is 49.3 Å². The van der Waals surface area contributed by atoms with Crippen molar-refractivity contribution in [2.75, 3.05) is 149 Å². The van der Waals surface area contributed by atoms with Gasteiger partial charge in [-0.25, -0.2) is 4.79 Å². The van der Waals surface area contributed by atoms with Crippen LogP contribution in [0.3, 0.4) is 0 Å². The lowest BCUT2D eigenvalue weighted by atomic mass is 10.4. The van der Waals surface area contributed by atoms with E-state index in [-0.39, 0.29) is 82.5 Å². The Labute approximate surface area is 344 Å². The van der Waals surface area contributed by atoms with Crippen LogP contribution in [0, 0.1) is 0 Å². The third kappa shape index (κ3) is 88.5. The van der Waals surface area contributed by atoms with Gasteiger partial charge in [0.1, 0.15) is 39.5 Å². The van der Waals surface area contributed by atoms with Gasteiger partial charge in [0.05, 0.1) is 103 Å². The van der Waals surface area contributed by atoms with Crippen LogP contribution in [0.1, 0.15) is 6.92 Å². The molecule has 54 heavy (non-hydrogen) atoms. The molecule has 0 aliphatic rings. The van der Waals surface area contributed by atoms with Gasteiger partial charge >= 0.3 is 24.0 Å². The topological polar surface area (TPSA) is 293 Å². The SMILES string of the molecule is C=C(C)C(=O)OCCOP(=O)([O-])OCC[N+](C)(C)C.COC(=O)CN.C[N+](C)(C)CCO.C[N+](C)(C)CCOP(=O)(Cl)Cl.NCC(=O)O.NCCO.[Cl-].[Cl-]. The molecule has 0 aliphatic heterocycles. The molecular formula is C28H68Cl4N6O14P2. The molecular weight excluding hydrogens is 848 g/mol. The van der Waals surface area contributed by atoms with Crippen molar-refractivity contribution in [2.24, 2.45) is 17.2 Å². The van der Waals surface area contributed by atoms with Crippen LogP contribution in [0.25, 0.3) is 0 Å². The number of quaternary nitrogens is 3. The quantitative estimate of drug-likeness (QED) is 0.0245. The molecule has 0 radical (unpaired) electrons. The predicted octanol–water partition coefficient (Wildman–Crippen LogP) is -6.61. The van der Waals surface area contributed by atoms with Crippen LogP contribution in [-0.4, -0.2) is 196 Å². The highest BCUT2D eigenvalue weighted by molar-refractivity contribution is 8.05. The zero-order valence-electron chi connectivity index (χ0n) is 33.5. The van der Waals surface area contributed by atoms with Gasteiger partial charge in [-0.2, -0.15) is 0 Å². The lowest BCUT2D eigenvalue weighted by Gasteiger charge is -2.27. The number of esters is 2. The van der Waals surface area contributed by atoms with Crippen LogP contribution >= 0.6 is 36.4 Å². The van der Waals surface area contributed by atoms with Gasteiger partial charge in [-0.05, 0) is 29.4 Å². The molecule has 0 fully saturated rings. The maximum Gasteiger partial charge on any atom is 0.380 e. The highest BCUT2D eigenvalue weighted by atomic mass is 35.9. The molecule has 0 rings (SSSR count). The van der Waals surface area contributed by atoms with Crippen molar-refractivity contribution < 1.29 is 105 Å². The van der Waals surface area contributed by atoms with Crippen LogP contribution in [0.15, 0.2) is 12.2 Å². The number of ether oxygens (including phenoxy) is 2. The van der Waals surface area contributed by atoms with Gasteiger partial charge in [-0.3, -0.25) is 18.7 Å². The average molecular weight is 917 g/mol. The lowest BCUT2D eigenvalue weighted by Crippen LogP contribution is -3.00. The molecule has 0 saturated heterocycles. The standard InChI is InChI=1S/C11H22NO6P.C5H13Cl2NO2P.C5H14NO.C3H7NO2.C2H5NO2.C2H7NO.2ClH/c1-10(2)11(13)16-8-9-18-19(14,15)17-7-6-12(3,4)5;1-8(2,3)4-5-10-11(6,7)9;1-6(2,3)4-5-7;1-6-3(5)2-4;3-1-2(4)5;3-1-2-4;;/h1,6-9H2,2-5H3;4-5H2,1-3H3;7H,4-5H2,1-3H3;2,4H2,1H3;1,3H2,(H,4,5);4H,1-3H2;2*1H/q;2*+1;;;;;/p-2. The Morgan fingerprint density at radius 2 is 1.07 bits per heavy atom. The van der Waals surface area contributed by atoms with Gasteiger partial charge in [-0.1, -0.05) is 6.58 Å². The Balaban J connectivity index is -0.0000000859. The summed E-state index contributed by atoms with van der Waals surface area (Å²) in [7, 11) is 14.9. The number of phosphoric ester groups is 1. The minimum absolute atomic E-state index is 0. The van der Waals surface area contributed by atoms with Gasteiger partial charge in [0.25, 0.3) is 7.82 Å². The molecule has 20 nitrogen and oxygen atoms in total. The summed E-state index contributed by atoms with van der Waals surface area (Å²) in [5.74, 6) is -1.93. The number of phosphoric acid groups is 1. The Hall–Kier alpha value is -0.710. The van der Waals surface area contributed by atoms with E-state index < -0.39 is 25.8 Å². The number of aliphatic hydroxyl groups is 2. The number of rotatable bonds is 18. The van der Waals surface area contributed by atoms with Crippen LogP contribution in [0.5, 0.6) is 0 Å². The third-order valence-electron chi connectivity index (χ3n) is 4.40. The molecule has 1 atom stereocenters. The number of aliphatic carboxylic acids is 1. The number of carboxylic acid groups (broad SMARTS) is 1. The van der Waals surface area contributed by atoms with Crippen LogP contribution < -0.4 is 46.9 Å². The number of nitrogens with zero attached hydrogens (tertiary/aromatic N) is 3. The fourth-order valence-electron chi connectivity index (χ4n) is 1.67. The second-order valence-electron chi connectivity index (χ2n) is 12.9. The first-order valence-corrected chi connectivity index (χ1v) is 20.3. The molecule has 332 valence electrons. The van der Waals surface area contributed by atoms with E-state index in [0.717, 1.165) is 22.1 Å². The molecule has 0 saturated carbocycles. The molecule has 1 unspecified atom stereocenters. The molecule has 0 aromatic carbocycles. The molecule has 0 aromatic heterocycles. The van der Waals surface area contributed by atoms with E-state index >= 15 is 0 Å². The van der Waals surface area contributed by atoms with Crippen molar-refractivity contribution in [3.05, 3.63) is 12.2 Å². The van der Waals surface area contributed by atoms with Crippen molar-refractivity contribution in [3.8, 4) is 0 Å².